The molecule has 1 amide bonds. The quantitative estimate of drug-likeness (QED) is 0.686. The van der Waals surface area contributed by atoms with Gasteiger partial charge in [-0.25, -0.2) is 9.97 Å². The van der Waals surface area contributed by atoms with Gasteiger partial charge in [0, 0.05) is 24.7 Å². The van der Waals surface area contributed by atoms with E-state index in [1.54, 1.807) is 6.07 Å². The van der Waals surface area contributed by atoms with E-state index in [4.69, 9.17) is 0 Å². The lowest BCUT2D eigenvalue weighted by Gasteiger charge is -2.10. The van der Waals surface area contributed by atoms with Gasteiger partial charge in [-0.1, -0.05) is 57.0 Å². The Balaban J connectivity index is 2.24. The summed E-state index contributed by atoms with van der Waals surface area (Å²) in [5.41, 5.74) is 1.30. The number of carbonyl (C=O) groups is 1. The maximum absolute atomic E-state index is 12.4. The van der Waals surface area contributed by atoms with Crippen molar-refractivity contribution in [2.45, 2.75) is 39.5 Å². The summed E-state index contributed by atoms with van der Waals surface area (Å²) < 4.78 is 0. The van der Waals surface area contributed by atoms with E-state index < -0.39 is 0 Å². The fourth-order valence-corrected chi connectivity index (χ4v) is 2.23. The molecule has 2 N–H and O–H groups in total. The summed E-state index contributed by atoms with van der Waals surface area (Å²) in [4.78, 5) is 21.4. The largest absolute Gasteiger partial charge is 0.370 e. The van der Waals surface area contributed by atoms with Gasteiger partial charge in [0.2, 0.25) is 0 Å². The van der Waals surface area contributed by atoms with Crippen LogP contribution in [-0.4, -0.2) is 29.0 Å². The first kappa shape index (κ1) is 17.9. The summed E-state index contributed by atoms with van der Waals surface area (Å²) in [5.74, 6) is 1.11. The Bertz CT molecular complexity index is 643. The van der Waals surface area contributed by atoms with E-state index in [0.29, 0.717) is 23.9 Å². The molecule has 0 aliphatic carbocycles. The summed E-state index contributed by atoms with van der Waals surface area (Å²) >= 11 is 0. The Hall–Kier alpha value is -2.43. The number of nitrogens with one attached hydrogen (secondary N) is 2. The van der Waals surface area contributed by atoms with Gasteiger partial charge in [0.1, 0.15) is 11.5 Å². The van der Waals surface area contributed by atoms with Crippen molar-refractivity contribution in [2.75, 3.05) is 18.4 Å². The molecule has 0 fully saturated rings. The first-order valence-electron chi connectivity index (χ1n) is 8.71. The Morgan fingerprint density at radius 3 is 2.42 bits per heavy atom. The number of amides is 1. The SMILES string of the molecule is CCCCNC(=O)c1cc(NCCCC)nc(-c2ccccc2)n1. The molecule has 0 bridgehead atoms. The van der Waals surface area contributed by atoms with Crippen molar-refractivity contribution in [3.63, 3.8) is 0 Å². The lowest BCUT2D eigenvalue weighted by molar-refractivity contribution is 0.0948. The van der Waals surface area contributed by atoms with E-state index >= 15 is 0 Å². The van der Waals surface area contributed by atoms with E-state index in [-0.39, 0.29) is 5.91 Å². The fraction of sp³-hybridized carbons (Fsp3) is 0.421. The molecular formula is C19H26N4O. The molecule has 0 unspecified atom stereocenters. The van der Waals surface area contributed by atoms with Gasteiger partial charge < -0.3 is 10.6 Å². The van der Waals surface area contributed by atoms with Gasteiger partial charge in [-0.2, -0.15) is 0 Å². The lowest BCUT2D eigenvalue weighted by atomic mass is 10.2. The van der Waals surface area contributed by atoms with Crippen LogP contribution in [0.4, 0.5) is 5.82 Å². The fourth-order valence-electron chi connectivity index (χ4n) is 2.23. The van der Waals surface area contributed by atoms with E-state index in [1.807, 2.05) is 30.3 Å². The minimum atomic E-state index is -0.151. The second-order valence-corrected chi connectivity index (χ2v) is 5.72. The molecular weight excluding hydrogens is 300 g/mol. The monoisotopic (exact) mass is 326 g/mol. The van der Waals surface area contributed by atoms with Crippen molar-refractivity contribution in [1.29, 1.82) is 0 Å². The van der Waals surface area contributed by atoms with Crippen molar-refractivity contribution < 1.29 is 4.79 Å². The van der Waals surface area contributed by atoms with Crippen LogP contribution in [0.1, 0.15) is 50.0 Å². The molecule has 2 aromatic rings. The summed E-state index contributed by atoms with van der Waals surface area (Å²) in [5, 5.41) is 6.20. The van der Waals surface area contributed by atoms with Gasteiger partial charge in [-0.15, -0.1) is 0 Å². The third-order valence-corrected chi connectivity index (χ3v) is 3.64. The maximum atomic E-state index is 12.4. The number of carbonyl (C=O) groups excluding carboxylic acids is 1. The number of hydrogen-bond donors (Lipinski definition) is 2. The van der Waals surface area contributed by atoms with Crippen LogP contribution in [0, 0.1) is 0 Å². The van der Waals surface area contributed by atoms with E-state index in [0.717, 1.165) is 37.8 Å². The average molecular weight is 326 g/mol. The van der Waals surface area contributed by atoms with Crippen molar-refractivity contribution >= 4 is 11.7 Å². The Labute approximate surface area is 143 Å². The van der Waals surface area contributed by atoms with Crippen molar-refractivity contribution in [2.24, 2.45) is 0 Å². The van der Waals surface area contributed by atoms with Crippen LogP contribution in [0.3, 0.4) is 0 Å². The second-order valence-electron chi connectivity index (χ2n) is 5.72. The van der Waals surface area contributed by atoms with Crippen molar-refractivity contribution in [3.8, 4) is 11.4 Å². The number of unbranched alkanes of at least 4 members (excludes halogenated alkanes) is 2. The number of anilines is 1. The molecule has 0 spiro atoms. The van der Waals surface area contributed by atoms with E-state index in [1.165, 1.54) is 0 Å². The maximum Gasteiger partial charge on any atom is 0.270 e. The van der Waals surface area contributed by atoms with Gasteiger partial charge >= 0.3 is 0 Å². The van der Waals surface area contributed by atoms with Crippen molar-refractivity contribution in [1.82, 2.24) is 15.3 Å². The highest BCUT2D eigenvalue weighted by atomic mass is 16.1. The van der Waals surface area contributed by atoms with Crippen molar-refractivity contribution in [3.05, 3.63) is 42.1 Å². The minimum Gasteiger partial charge on any atom is -0.370 e. The molecule has 1 aromatic heterocycles. The van der Waals surface area contributed by atoms with Gasteiger partial charge in [0.15, 0.2) is 5.82 Å². The predicted molar refractivity (Wildman–Crippen MR) is 98.1 cm³/mol. The second kappa shape index (κ2) is 9.65. The third kappa shape index (κ3) is 5.33. The van der Waals surface area contributed by atoms with Crippen LogP contribution >= 0.6 is 0 Å². The van der Waals surface area contributed by atoms with Gasteiger partial charge in [-0.05, 0) is 12.8 Å². The summed E-state index contributed by atoms with van der Waals surface area (Å²) in [6.07, 6.45) is 4.17. The highest BCUT2D eigenvalue weighted by molar-refractivity contribution is 5.93. The van der Waals surface area contributed by atoms with E-state index in [2.05, 4.69) is 34.4 Å². The molecule has 0 saturated heterocycles. The number of benzene rings is 1. The lowest BCUT2D eigenvalue weighted by Crippen LogP contribution is -2.25. The van der Waals surface area contributed by atoms with Crippen LogP contribution in [0.25, 0.3) is 11.4 Å². The van der Waals surface area contributed by atoms with E-state index in [9.17, 15) is 4.79 Å². The molecule has 128 valence electrons. The Kier molecular flexibility index (Phi) is 7.21. The smallest absolute Gasteiger partial charge is 0.270 e. The molecule has 0 aliphatic rings. The van der Waals surface area contributed by atoms with Crippen LogP contribution in [0.15, 0.2) is 36.4 Å². The molecule has 1 heterocycles. The van der Waals surface area contributed by atoms with Crippen LogP contribution in [0.5, 0.6) is 0 Å². The number of aromatic nitrogens is 2. The summed E-state index contributed by atoms with van der Waals surface area (Å²) in [6.45, 7) is 5.74. The van der Waals surface area contributed by atoms with Crippen LogP contribution in [0.2, 0.25) is 0 Å². The van der Waals surface area contributed by atoms with Crippen LogP contribution in [-0.2, 0) is 0 Å². The Morgan fingerprint density at radius 2 is 1.71 bits per heavy atom. The molecule has 0 saturated carbocycles. The van der Waals surface area contributed by atoms with Crippen LogP contribution < -0.4 is 10.6 Å². The number of rotatable bonds is 9. The molecule has 2 rings (SSSR count). The highest BCUT2D eigenvalue weighted by Gasteiger charge is 2.12. The molecule has 0 atom stereocenters. The topological polar surface area (TPSA) is 66.9 Å². The molecule has 0 radical (unpaired) electrons. The molecule has 5 heteroatoms. The zero-order valence-corrected chi connectivity index (χ0v) is 14.5. The zero-order chi connectivity index (χ0) is 17.2. The first-order valence-corrected chi connectivity index (χ1v) is 8.71. The third-order valence-electron chi connectivity index (χ3n) is 3.64. The standard InChI is InChI=1S/C19H26N4O/c1-3-5-12-20-17-14-16(19(24)21-13-6-4-2)22-18(23-17)15-10-8-7-9-11-15/h7-11,14H,3-6,12-13H2,1-2H3,(H,21,24)(H,20,22,23). The first-order chi connectivity index (χ1) is 11.7. The zero-order valence-electron chi connectivity index (χ0n) is 14.5. The molecule has 0 aliphatic heterocycles. The Morgan fingerprint density at radius 1 is 1.00 bits per heavy atom. The van der Waals surface area contributed by atoms with Gasteiger partial charge in [0.05, 0.1) is 0 Å². The number of hydrogen-bond acceptors (Lipinski definition) is 4. The average Bonchev–Trinajstić information content (AvgIpc) is 2.62. The molecule has 1 aromatic carbocycles. The summed E-state index contributed by atoms with van der Waals surface area (Å²) in [7, 11) is 0. The highest BCUT2D eigenvalue weighted by Crippen LogP contribution is 2.18. The molecule has 5 nitrogen and oxygen atoms in total. The number of nitrogens with zero attached hydrogens (tertiary/aromatic N) is 2. The van der Waals surface area contributed by atoms with Gasteiger partial charge in [0.25, 0.3) is 5.91 Å². The van der Waals surface area contributed by atoms with Gasteiger partial charge in [-0.3, -0.25) is 4.79 Å². The normalized spacial score (nSPS) is 10.4. The minimum absolute atomic E-state index is 0.151. The molecule has 24 heavy (non-hydrogen) atoms. The summed E-state index contributed by atoms with van der Waals surface area (Å²) in [6, 6.07) is 11.5. The predicted octanol–water partition coefficient (Wildman–Crippen LogP) is 3.89.